The van der Waals surface area contributed by atoms with E-state index in [1.54, 1.807) is 4.31 Å². The van der Waals surface area contributed by atoms with E-state index in [9.17, 15) is 8.42 Å². The van der Waals surface area contributed by atoms with Gasteiger partial charge in [-0.3, -0.25) is 0 Å². The lowest BCUT2D eigenvalue weighted by Gasteiger charge is -2.37. The van der Waals surface area contributed by atoms with Crippen LogP contribution in [0.1, 0.15) is 52.4 Å². The van der Waals surface area contributed by atoms with Crippen molar-refractivity contribution in [3.8, 4) is 0 Å². The maximum atomic E-state index is 12.4. The molecule has 1 saturated heterocycles. The van der Waals surface area contributed by atoms with Gasteiger partial charge in [0.2, 0.25) is 10.0 Å². The Balaban J connectivity index is 1.83. The minimum absolute atomic E-state index is 0.176. The van der Waals surface area contributed by atoms with Crippen molar-refractivity contribution in [3.63, 3.8) is 0 Å². The quantitative estimate of drug-likeness (QED) is 0.750. The molecule has 0 aromatic carbocycles. The summed E-state index contributed by atoms with van der Waals surface area (Å²) in [5.41, 5.74) is 0. The van der Waals surface area contributed by atoms with Crippen molar-refractivity contribution < 1.29 is 8.42 Å². The number of nitrogens with zero attached hydrogens (tertiary/aromatic N) is 1. The summed E-state index contributed by atoms with van der Waals surface area (Å²) < 4.78 is 26.5. The summed E-state index contributed by atoms with van der Waals surface area (Å²) in [6, 6.07) is 1.02. The Kier molecular flexibility index (Phi) is 4.67. The Bertz CT molecular complexity index is 355. The molecule has 2 rings (SSSR count). The topological polar surface area (TPSA) is 49.4 Å². The zero-order valence-electron chi connectivity index (χ0n) is 11.6. The van der Waals surface area contributed by atoms with Crippen molar-refractivity contribution in [3.05, 3.63) is 0 Å². The van der Waals surface area contributed by atoms with E-state index in [-0.39, 0.29) is 12.1 Å². The standard InChI is InChI=1S/C13H26N2O2S/c1-11-5-3-6-12(2)15(11)18(16,17)10-4-9-14-13-7-8-13/h11-14H,3-10H2,1-2H3. The third kappa shape index (κ3) is 3.68. The fourth-order valence-electron chi connectivity index (χ4n) is 2.90. The zero-order chi connectivity index (χ0) is 13.2. The Morgan fingerprint density at radius 2 is 1.72 bits per heavy atom. The van der Waals surface area contributed by atoms with Gasteiger partial charge in [-0.25, -0.2) is 8.42 Å². The van der Waals surface area contributed by atoms with Gasteiger partial charge in [0, 0.05) is 18.1 Å². The lowest BCUT2D eigenvalue weighted by molar-refractivity contribution is 0.204. The molecule has 0 radical (unpaired) electrons. The summed E-state index contributed by atoms with van der Waals surface area (Å²) >= 11 is 0. The van der Waals surface area contributed by atoms with E-state index in [2.05, 4.69) is 5.32 Å². The molecule has 2 fully saturated rings. The van der Waals surface area contributed by atoms with Gasteiger partial charge in [-0.1, -0.05) is 6.42 Å². The molecule has 18 heavy (non-hydrogen) atoms. The maximum absolute atomic E-state index is 12.4. The molecule has 1 aliphatic heterocycles. The van der Waals surface area contributed by atoms with E-state index >= 15 is 0 Å². The highest BCUT2D eigenvalue weighted by Gasteiger charge is 2.34. The highest BCUT2D eigenvalue weighted by atomic mass is 32.2. The highest BCUT2D eigenvalue weighted by molar-refractivity contribution is 7.89. The van der Waals surface area contributed by atoms with E-state index in [4.69, 9.17) is 0 Å². The number of rotatable bonds is 6. The molecular formula is C13H26N2O2S. The predicted octanol–water partition coefficient (Wildman–Crippen LogP) is 1.72. The third-order valence-corrected chi connectivity index (χ3v) is 6.19. The highest BCUT2D eigenvalue weighted by Crippen LogP contribution is 2.26. The van der Waals surface area contributed by atoms with Crippen molar-refractivity contribution in [1.82, 2.24) is 9.62 Å². The van der Waals surface area contributed by atoms with Crippen LogP contribution in [0.3, 0.4) is 0 Å². The fourth-order valence-corrected chi connectivity index (χ4v) is 4.93. The SMILES string of the molecule is CC1CCCC(C)N1S(=O)(=O)CCCNC1CC1. The zero-order valence-corrected chi connectivity index (χ0v) is 12.4. The van der Waals surface area contributed by atoms with Crippen molar-refractivity contribution in [1.29, 1.82) is 0 Å². The molecule has 106 valence electrons. The summed E-state index contributed by atoms with van der Waals surface area (Å²) in [7, 11) is -3.07. The first-order chi connectivity index (χ1) is 8.50. The molecule has 4 nitrogen and oxygen atoms in total. The van der Waals surface area contributed by atoms with Gasteiger partial charge < -0.3 is 5.32 Å². The van der Waals surface area contributed by atoms with Crippen molar-refractivity contribution in [2.24, 2.45) is 0 Å². The Morgan fingerprint density at radius 3 is 2.28 bits per heavy atom. The van der Waals surface area contributed by atoms with Crippen molar-refractivity contribution >= 4 is 10.0 Å². The number of hydrogen-bond donors (Lipinski definition) is 1. The van der Waals surface area contributed by atoms with Crippen molar-refractivity contribution in [2.45, 2.75) is 70.5 Å². The second kappa shape index (κ2) is 5.88. The van der Waals surface area contributed by atoms with Crippen LogP contribution in [0.15, 0.2) is 0 Å². The van der Waals surface area contributed by atoms with Crippen LogP contribution in [0.25, 0.3) is 0 Å². The van der Waals surface area contributed by atoms with Gasteiger partial charge >= 0.3 is 0 Å². The first-order valence-electron chi connectivity index (χ1n) is 7.25. The van der Waals surface area contributed by atoms with Gasteiger partial charge in [-0.2, -0.15) is 4.31 Å². The summed E-state index contributed by atoms with van der Waals surface area (Å²) in [6.07, 6.45) is 6.40. The minimum atomic E-state index is -3.07. The van der Waals surface area contributed by atoms with Gasteiger partial charge in [0.05, 0.1) is 5.75 Å². The lowest BCUT2D eigenvalue weighted by Crippen LogP contribution is -2.48. The molecule has 0 spiro atoms. The molecule has 0 aromatic heterocycles. The first kappa shape index (κ1) is 14.3. The first-order valence-corrected chi connectivity index (χ1v) is 8.86. The van der Waals surface area contributed by atoms with Gasteiger partial charge in [0.1, 0.15) is 0 Å². The molecular weight excluding hydrogens is 248 g/mol. The summed E-state index contributed by atoms with van der Waals surface area (Å²) in [5.74, 6) is 0.293. The Hall–Kier alpha value is -0.130. The van der Waals surface area contributed by atoms with Crippen LogP contribution < -0.4 is 5.32 Å². The van der Waals surface area contributed by atoms with Crippen LogP contribution in [-0.4, -0.2) is 43.1 Å². The summed E-state index contributed by atoms with van der Waals surface area (Å²) in [5, 5.41) is 3.37. The maximum Gasteiger partial charge on any atom is 0.214 e. The van der Waals surface area contributed by atoms with Crippen LogP contribution in [0.2, 0.25) is 0 Å². The minimum Gasteiger partial charge on any atom is -0.314 e. The van der Waals surface area contributed by atoms with Gasteiger partial charge in [0.25, 0.3) is 0 Å². The third-order valence-electron chi connectivity index (χ3n) is 4.02. The Labute approximate surface area is 111 Å². The average Bonchev–Trinajstić information content (AvgIpc) is 3.07. The largest absolute Gasteiger partial charge is 0.314 e. The van der Waals surface area contributed by atoms with Crippen LogP contribution in [0.4, 0.5) is 0 Å². The van der Waals surface area contributed by atoms with Crippen LogP contribution >= 0.6 is 0 Å². The molecule has 0 aromatic rings. The van der Waals surface area contributed by atoms with Gasteiger partial charge in [0.15, 0.2) is 0 Å². The number of nitrogens with one attached hydrogen (secondary N) is 1. The fraction of sp³-hybridized carbons (Fsp3) is 1.00. The van der Waals surface area contributed by atoms with Crippen LogP contribution in [-0.2, 0) is 10.0 Å². The lowest BCUT2D eigenvalue weighted by atomic mass is 10.0. The molecule has 0 bridgehead atoms. The van der Waals surface area contributed by atoms with E-state index in [0.29, 0.717) is 11.8 Å². The second-order valence-corrected chi connectivity index (χ2v) is 7.85. The monoisotopic (exact) mass is 274 g/mol. The number of sulfonamides is 1. The smallest absolute Gasteiger partial charge is 0.214 e. The molecule has 1 aliphatic carbocycles. The molecule has 1 heterocycles. The average molecular weight is 274 g/mol. The molecule has 1 saturated carbocycles. The number of hydrogen-bond acceptors (Lipinski definition) is 3. The van der Waals surface area contributed by atoms with Gasteiger partial charge in [-0.15, -0.1) is 0 Å². The molecule has 1 N–H and O–H groups in total. The molecule has 2 aliphatic rings. The van der Waals surface area contributed by atoms with E-state index < -0.39 is 10.0 Å². The molecule has 5 heteroatoms. The Morgan fingerprint density at radius 1 is 1.11 bits per heavy atom. The number of piperidine rings is 1. The molecule has 0 amide bonds. The molecule has 2 atom stereocenters. The van der Waals surface area contributed by atoms with Crippen molar-refractivity contribution in [2.75, 3.05) is 12.3 Å². The van der Waals surface area contributed by atoms with E-state index in [1.807, 2.05) is 13.8 Å². The predicted molar refractivity (Wildman–Crippen MR) is 74.0 cm³/mol. The normalized spacial score (nSPS) is 30.6. The molecule has 2 unspecified atom stereocenters. The van der Waals surface area contributed by atoms with Crippen LogP contribution in [0.5, 0.6) is 0 Å². The summed E-state index contributed by atoms with van der Waals surface area (Å²) in [4.78, 5) is 0. The van der Waals surface area contributed by atoms with Gasteiger partial charge in [-0.05, 0) is 52.5 Å². The van der Waals surface area contributed by atoms with E-state index in [0.717, 1.165) is 32.2 Å². The van der Waals surface area contributed by atoms with Crippen LogP contribution in [0, 0.1) is 0 Å². The summed E-state index contributed by atoms with van der Waals surface area (Å²) in [6.45, 7) is 4.91. The van der Waals surface area contributed by atoms with E-state index in [1.165, 1.54) is 12.8 Å². The second-order valence-electron chi connectivity index (χ2n) is 5.86.